The summed E-state index contributed by atoms with van der Waals surface area (Å²) in [5.41, 5.74) is 1.20. The van der Waals surface area contributed by atoms with Crippen molar-refractivity contribution in [3.05, 3.63) is 65.5 Å². The number of quaternary nitrogens is 1. The van der Waals surface area contributed by atoms with E-state index < -0.39 is 17.7 Å². The van der Waals surface area contributed by atoms with Gasteiger partial charge in [-0.3, -0.25) is 14.6 Å². The summed E-state index contributed by atoms with van der Waals surface area (Å²) in [5.74, 6) is -0.913. The van der Waals surface area contributed by atoms with Crippen LogP contribution in [0.15, 0.2) is 54.4 Å². The average molecular weight is 439 g/mol. The summed E-state index contributed by atoms with van der Waals surface area (Å²) in [7, 11) is 0. The molecule has 0 bridgehead atoms. The lowest BCUT2D eigenvalue weighted by atomic mass is 9.96. The summed E-state index contributed by atoms with van der Waals surface area (Å²) < 4.78 is 10.9. The molecule has 0 unspecified atom stereocenters. The minimum Gasteiger partial charge on any atom is -0.507 e. The third kappa shape index (κ3) is 4.51. The topological polar surface area (TPSA) is 93.4 Å². The predicted octanol–water partition coefficient (Wildman–Crippen LogP) is 0.817. The standard InChI is InChI=1S/C24H27N3O5/c1-2-32-19-7-3-5-17(15-19)22(28)20-21(18-6-4-8-25-16-18)27(24(30)23(20)29)10-9-26-11-13-31-14-12-26/h3-8,15-16,21,28H,2,9-14H2,1H3/p+1/b22-20+/t21-/m1/s1. The number of morpholine rings is 1. The van der Waals surface area contributed by atoms with Gasteiger partial charge in [-0.15, -0.1) is 0 Å². The van der Waals surface area contributed by atoms with Crippen LogP contribution < -0.4 is 9.64 Å². The number of ketones is 1. The number of pyridine rings is 1. The first-order valence-corrected chi connectivity index (χ1v) is 10.9. The van der Waals surface area contributed by atoms with E-state index in [0.29, 0.717) is 49.8 Å². The van der Waals surface area contributed by atoms with Gasteiger partial charge < -0.3 is 24.4 Å². The Labute approximate surface area is 187 Å². The molecule has 1 aromatic carbocycles. The first-order valence-electron chi connectivity index (χ1n) is 10.9. The van der Waals surface area contributed by atoms with Crippen LogP contribution in [0.2, 0.25) is 0 Å². The minimum absolute atomic E-state index is 0.0774. The molecular weight excluding hydrogens is 410 g/mol. The number of carbonyl (C=O) groups excluding carboxylic acids is 2. The molecule has 2 fully saturated rings. The smallest absolute Gasteiger partial charge is 0.295 e. The minimum atomic E-state index is -0.695. The zero-order valence-electron chi connectivity index (χ0n) is 18.1. The number of amides is 1. The van der Waals surface area contributed by atoms with Gasteiger partial charge in [0.15, 0.2) is 0 Å². The van der Waals surface area contributed by atoms with Gasteiger partial charge in [-0.25, -0.2) is 0 Å². The summed E-state index contributed by atoms with van der Waals surface area (Å²) in [4.78, 5) is 33.2. The van der Waals surface area contributed by atoms with E-state index in [0.717, 1.165) is 13.1 Å². The highest BCUT2D eigenvalue weighted by molar-refractivity contribution is 6.46. The van der Waals surface area contributed by atoms with E-state index in [-0.39, 0.29) is 11.3 Å². The van der Waals surface area contributed by atoms with Gasteiger partial charge in [0.2, 0.25) is 0 Å². The molecule has 0 radical (unpaired) electrons. The SMILES string of the molecule is CCOc1cccc(/C(O)=C2\C(=O)C(=O)N(CC[NH+]3CCOCC3)[C@@H]2c2cccnc2)c1. The molecule has 32 heavy (non-hydrogen) atoms. The van der Waals surface area contributed by atoms with E-state index in [9.17, 15) is 14.7 Å². The first-order chi connectivity index (χ1) is 15.6. The van der Waals surface area contributed by atoms with Crippen LogP contribution in [-0.4, -0.2) is 72.7 Å². The number of hydrogen-bond acceptors (Lipinski definition) is 6. The summed E-state index contributed by atoms with van der Waals surface area (Å²) in [6, 6.07) is 9.79. The molecular formula is C24H28N3O5+. The number of nitrogens with zero attached hydrogens (tertiary/aromatic N) is 2. The van der Waals surface area contributed by atoms with Gasteiger partial charge in [0.1, 0.15) is 24.6 Å². The Morgan fingerprint density at radius 3 is 2.78 bits per heavy atom. The molecule has 8 heteroatoms. The quantitative estimate of drug-likeness (QED) is 0.378. The Morgan fingerprint density at radius 2 is 2.06 bits per heavy atom. The maximum Gasteiger partial charge on any atom is 0.295 e. The van der Waals surface area contributed by atoms with Crippen LogP contribution in [0.4, 0.5) is 0 Å². The molecule has 0 aliphatic carbocycles. The van der Waals surface area contributed by atoms with E-state index in [1.165, 1.54) is 4.90 Å². The highest BCUT2D eigenvalue weighted by Gasteiger charge is 2.46. The van der Waals surface area contributed by atoms with Crippen LogP contribution in [0, 0.1) is 0 Å². The van der Waals surface area contributed by atoms with Crippen LogP contribution in [0.25, 0.3) is 5.76 Å². The van der Waals surface area contributed by atoms with Gasteiger partial charge in [-0.2, -0.15) is 0 Å². The van der Waals surface area contributed by atoms with E-state index in [4.69, 9.17) is 9.47 Å². The maximum atomic E-state index is 13.1. The van der Waals surface area contributed by atoms with Gasteiger partial charge in [0.25, 0.3) is 11.7 Å². The van der Waals surface area contributed by atoms with Crippen molar-refractivity contribution in [1.82, 2.24) is 9.88 Å². The number of aliphatic hydroxyl groups is 1. The third-order valence-corrected chi connectivity index (χ3v) is 5.86. The van der Waals surface area contributed by atoms with Gasteiger partial charge in [0.05, 0.1) is 44.5 Å². The number of aliphatic hydroxyl groups excluding tert-OH is 1. The number of aromatic nitrogens is 1. The van der Waals surface area contributed by atoms with Crippen molar-refractivity contribution in [2.24, 2.45) is 0 Å². The second-order valence-corrected chi connectivity index (χ2v) is 7.85. The molecule has 2 aromatic rings. The molecule has 0 spiro atoms. The normalized spacial score (nSPS) is 21.2. The monoisotopic (exact) mass is 438 g/mol. The molecule has 1 atom stereocenters. The highest BCUT2D eigenvalue weighted by Crippen LogP contribution is 2.39. The van der Waals surface area contributed by atoms with Crippen molar-refractivity contribution in [3.8, 4) is 5.75 Å². The second kappa shape index (κ2) is 9.93. The van der Waals surface area contributed by atoms with E-state index in [2.05, 4.69) is 4.98 Å². The zero-order valence-corrected chi connectivity index (χ0v) is 18.1. The number of benzene rings is 1. The fourth-order valence-corrected chi connectivity index (χ4v) is 4.24. The van der Waals surface area contributed by atoms with Crippen LogP contribution >= 0.6 is 0 Å². The fraction of sp³-hybridized carbons (Fsp3) is 0.375. The molecule has 2 aliphatic rings. The van der Waals surface area contributed by atoms with Crippen molar-refractivity contribution in [1.29, 1.82) is 0 Å². The molecule has 0 saturated carbocycles. The Hall–Kier alpha value is -3.23. The number of hydrogen-bond donors (Lipinski definition) is 2. The largest absolute Gasteiger partial charge is 0.507 e. The van der Waals surface area contributed by atoms with E-state index in [1.807, 2.05) is 13.0 Å². The lowest BCUT2D eigenvalue weighted by molar-refractivity contribution is -0.907. The molecule has 3 heterocycles. The molecule has 1 amide bonds. The van der Waals surface area contributed by atoms with E-state index in [1.54, 1.807) is 47.6 Å². The first kappa shape index (κ1) is 22.0. The zero-order chi connectivity index (χ0) is 22.5. The van der Waals surface area contributed by atoms with Crippen molar-refractivity contribution in [2.75, 3.05) is 46.0 Å². The average Bonchev–Trinajstić information content (AvgIpc) is 3.09. The number of carbonyl (C=O) groups is 2. The second-order valence-electron chi connectivity index (χ2n) is 7.85. The van der Waals surface area contributed by atoms with E-state index >= 15 is 0 Å². The molecule has 2 saturated heterocycles. The number of likely N-dealkylation sites (tertiary alicyclic amines) is 1. The summed E-state index contributed by atoms with van der Waals surface area (Å²) in [6.07, 6.45) is 3.27. The van der Waals surface area contributed by atoms with Gasteiger partial charge >= 0.3 is 0 Å². The number of rotatable bonds is 7. The molecule has 8 nitrogen and oxygen atoms in total. The van der Waals surface area contributed by atoms with Gasteiger partial charge in [-0.1, -0.05) is 18.2 Å². The van der Waals surface area contributed by atoms with Crippen LogP contribution in [0.1, 0.15) is 24.1 Å². The summed E-state index contributed by atoms with van der Waals surface area (Å²) in [5, 5.41) is 11.1. The Kier molecular flexibility index (Phi) is 6.82. The fourth-order valence-electron chi connectivity index (χ4n) is 4.24. The highest BCUT2D eigenvalue weighted by atomic mass is 16.5. The van der Waals surface area contributed by atoms with Gasteiger partial charge in [-0.05, 0) is 30.7 Å². The predicted molar refractivity (Wildman–Crippen MR) is 117 cm³/mol. The lowest BCUT2D eigenvalue weighted by Crippen LogP contribution is -3.14. The molecule has 2 aliphatic heterocycles. The van der Waals surface area contributed by atoms with Crippen LogP contribution in [-0.2, 0) is 14.3 Å². The maximum absolute atomic E-state index is 13.1. The lowest BCUT2D eigenvalue weighted by Gasteiger charge is -2.29. The molecule has 1 aromatic heterocycles. The van der Waals surface area contributed by atoms with Crippen molar-refractivity contribution in [3.63, 3.8) is 0 Å². The summed E-state index contributed by atoms with van der Waals surface area (Å²) >= 11 is 0. The Balaban J connectivity index is 1.71. The van der Waals surface area contributed by atoms with Crippen LogP contribution in [0.3, 0.4) is 0 Å². The molecule has 4 rings (SSSR count). The van der Waals surface area contributed by atoms with Gasteiger partial charge in [0, 0.05) is 18.0 Å². The van der Waals surface area contributed by atoms with Crippen molar-refractivity contribution < 1.29 is 29.1 Å². The van der Waals surface area contributed by atoms with Crippen molar-refractivity contribution in [2.45, 2.75) is 13.0 Å². The van der Waals surface area contributed by atoms with Crippen LogP contribution in [0.5, 0.6) is 5.75 Å². The molecule has 168 valence electrons. The van der Waals surface area contributed by atoms with Crippen molar-refractivity contribution >= 4 is 17.4 Å². The number of Topliss-reactive ketones (excluding diaryl/α,β-unsaturated/α-hetero) is 1. The third-order valence-electron chi connectivity index (χ3n) is 5.86. The Bertz CT molecular complexity index is 1000. The molecule has 2 N–H and O–H groups in total. The number of nitrogens with one attached hydrogen (secondary N) is 1. The number of ether oxygens (including phenoxy) is 2. The summed E-state index contributed by atoms with van der Waals surface area (Å²) in [6.45, 7) is 6.57. The Morgan fingerprint density at radius 1 is 1.25 bits per heavy atom.